The molecule has 1 aromatic carbocycles. The van der Waals surface area contributed by atoms with Gasteiger partial charge in [-0.2, -0.15) is 0 Å². The van der Waals surface area contributed by atoms with Crippen LogP contribution in [-0.2, 0) is 14.3 Å². The third kappa shape index (κ3) is 3.85. The summed E-state index contributed by atoms with van der Waals surface area (Å²) in [6, 6.07) is 9.87. The van der Waals surface area contributed by atoms with Crippen LogP contribution in [-0.4, -0.2) is 17.4 Å². The summed E-state index contributed by atoms with van der Waals surface area (Å²) in [6.07, 6.45) is 6.10. The molecule has 0 aromatic heterocycles. The van der Waals surface area contributed by atoms with Gasteiger partial charge in [0, 0.05) is 6.42 Å². The lowest BCUT2D eigenvalue weighted by atomic mass is 9.81. The SMILES string of the molecule is CC(C)(C)OC(=O)[C@]1(C/C=C/c2ccccc2)CCCC1=O. The molecule has 0 bridgehead atoms. The van der Waals surface area contributed by atoms with Crippen LogP contribution in [0.3, 0.4) is 0 Å². The molecule has 22 heavy (non-hydrogen) atoms. The maximum Gasteiger partial charge on any atom is 0.320 e. The van der Waals surface area contributed by atoms with E-state index in [4.69, 9.17) is 4.74 Å². The Bertz CT molecular complexity index is 566. The zero-order valence-electron chi connectivity index (χ0n) is 13.6. The molecule has 1 atom stereocenters. The fraction of sp³-hybridized carbons (Fsp3) is 0.474. The molecule has 1 fully saturated rings. The molecule has 1 aromatic rings. The molecule has 1 aliphatic rings. The van der Waals surface area contributed by atoms with Gasteiger partial charge in [0.15, 0.2) is 5.78 Å². The van der Waals surface area contributed by atoms with Gasteiger partial charge in [-0.1, -0.05) is 42.5 Å². The molecule has 0 saturated heterocycles. The van der Waals surface area contributed by atoms with Gasteiger partial charge >= 0.3 is 5.97 Å². The highest BCUT2D eigenvalue weighted by Crippen LogP contribution is 2.40. The van der Waals surface area contributed by atoms with E-state index in [0.717, 1.165) is 12.0 Å². The summed E-state index contributed by atoms with van der Waals surface area (Å²) in [5.74, 6) is -0.361. The number of Topliss-reactive ketones (excluding diaryl/α,β-unsaturated/α-hetero) is 1. The highest BCUT2D eigenvalue weighted by molar-refractivity contribution is 6.05. The van der Waals surface area contributed by atoms with E-state index in [1.807, 2.05) is 63.3 Å². The maximum atomic E-state index is 12.6. The third-order valence-electron chi connectivity index (χ3n) is 3.91. The standard InChI is InChI=1S/C19H24O3/c1-18(2,3)22-17(21)19(14-8-12-16(19)20)13-7-11-15-9-5-4-6-10-15/h4-7,9-11H,8,12-14H2,1-3H3/b11-7+/t19-/m1/s1. The van der Waals surface area contributed by atoms with E-state index in [1.165, 1.54) is 0 Å². The molecule has 3 nitrogen and oxygen atoms in total. The van der Waals surface area contributed by atoms with E-state index in [9.17, 15) is 9.59 Å². The van der Waals surface area contributed by atoms with E-state index in [-0.39, 0.29) is 11.8 Å². The van der Waals surface area contributed by atoms with E-state index in [0.29, 0.717) is 19.3 Å². The average Bonchev–Trinajstić information content (AvgIpc) is 2.81. The zero-order chi connectivity index (χ0) is 16.2. The van der Waals surface area contributed by atoms with Gasteiger partial charge in [-0.15, -0.1) is 0 Å². The highest BCUT2D eigenvalue weighted by atomic mass is 16.6. The lowest BCUT2D eigenvalue weighted by Gasteiger charge is -2.29. The van der Waals surface area contributed by atoms with Gasteiger partial charge in [-0.25, -0.2) is 0 Å². The summed E-state index contributed by atoms with van der Waals surface area (Å²) in [4.78, 5) is 24.9. The number of carbonyl (C=O) groups excluding carboxylic acids is 2. The van der Waals surface area contributed by atoms with Crippen molar-refractivity contribution in [2.45, 2.75) is 52.1 Å². The second kappa shape index (κ2) is 6.47. The summed E-state index contributed by atoms with van der Waals surface area (Å²) in [5.41, 5.74) is -0.499. The first-order valence-corrected chi connectivity index (χ1v) is 7.82. The summed E-state index contributed by atoms with van der Waals surface area (Å²) in [5, 5.41) is 0. The van der Waals surface area contributed by atoms with Crippen molar-refractivity contribution in [2.24, 2.45) is 5.41 Å². The number of benzene rings is 1. The Morgan fingerprint density at radius 2 is 1.95 bits per heavy atom. The first-order valence-electron chi connectivity index (χ1n) is 7.82. The van der Waals surface area contributed by atoms with Gasteiger partial charge in [0.2, 0.25) is 0 Å². The molecule has 0 N–H and O–H groups in total. The van der Waals surface area contributed by atoms with Gasteiger partial charge in [-0.05, 0) is 45.6 Å². The van der Waals surface area contributed by atoms with Crippen LogP contribution in [0.25, 0.3) is 6.08 Å². The van der Waals surface area contributed by atoms with Crippen LogP contribution in [0.5, 0.6) is 0 Å². The lowest BCUT2D eigenvalue weighted by Crippen LogP contribution is -2.40. The molecule has 0 aliphatic heterocycles. The van der Waals surface area contributed by atoms with Crippen LogP contribution in [0.2, 0.25) is 0 Å². The number of allylic oxidation sites excluding steroid dienone is 1. The minimum Gasteiger partial charge on any atom is -0.459 e. The van der Waals surface area contributed by atoms with Crippen LogP contribution in [0, 0.1) is 5.41 Å². The minimum atomic E-state index is -0.988. The van der Waals surface area contributed by atoms with Crippen LogP contribution in [0.1, 0.15) is 52.0 Å². The summed E-state index contributed by atoms with van der Waals surface area (Å²) >= 11 is 0. The molecule has 0 radical (unpaired) electrons. The Labute approximate surface area is 132 Å². The fourth-order valence-electron chi connectivity index (χ4n) is 2.78. The zero-order valence-corrected chi connectivity index (χ0v) is 13.6. The number of rotatable bonds is 4. The second-order valence-electron chi connectivity index (χ2n) is 6.88. The first-order chi connectivity index (χ1) is 10.3. The van der Waals surface area contributed by atoms with Crippen LogP contribution in [0.4, 0.5) is 0 Å². The van der Waals surface area contributed by atoms with Gasteiger partial charge < -0.3 is 4.74 Å². The Kier molecular flexibility index (Phi) is 4.84. The van der Waals surface area contributed by atoms with E-state index < -0.39 is 11.0 Å². The normalized spacial score (nSPS) is 22.2. The summed E-state index contributed by atoms with van der Waals surface area (Å²) < 4.78 is 5.50. The molecular formula is C19H24O3. The average molecular weight is 300 g/mol. The van der Waals surface area contributed by atoms with Gasteiger partial charge in [-0.3, -0.25) is 9.59 Å². The number of carbonyl (C=O) groups is 2. The maximum absolute atomic E-state index is 12.6. The van der Waals surface area contributed by atoms with Crippen molar-refractivity contribution in [1.29, 1.82) is 0 Å². The Morgan fingerprint density at radius 1 is 1.27 bits per heavy atom. The van der Waals surface area contributed by atoms with Crippen molar-refractivity contribution in [2.75, 3.05) is 0 Å². The van der Waals surface area contributed by atoms with Crippen molar-refractivity contribution >= 4 is 17.8 Å². The monoisotopic (exact) mass is 300 g/mol. The second-order valence-corrected chi connectivity index (χ2v) is 6.88. The molecule has 118 valence electrons. The van der Waals surface area contributed by atoms with Crippen molar-refractivity contribution in [3.05, 3.63) is 42.0 Å². The highest BCUT2D eigenvalue weighted by Gasteiger charge is 2.49. The first kappa shape index (κ1) is 16.5. The van der Waals surface area contributed by atoms with Gasteiger partial charge in [0.1, 0.15) is 11.0 Å². The molecule has 0 spiro atoms. The molecule has 1 aliphatic carbocycles. The molecule has 0 amide bonds. The largest absolute Gasteiger partial charge is 0.459 e. The molecule has 3 heteroatoms. The van der Waals surface area contributed by atoms with Gasteiger partial charge in [0.05, 0.1) is 0 Å². The lowest BCUT2D eigenvalue weighted by molar-refractivity contribution is -0.169. The molecule has 0 unspecified atom stereocenters. The number of hydrogen-bond donors (Lipinski definition) is 0. The van der Waals surface area contributed by atoms with E-state index in [2.05, 4.69) is 0 Å². The van der Waals surface area contributed by atoms with Crippen LogP contribution in [0.15, 0.2) is 36.4 Å². The predicted molar refractivity (Wildman–Crippen MR) is 87.2 cm³/mol. The number of ketones is 1. The van der Waals surface area contributed by atoms with Crippen LogP contribution >= 0.6 is 0 Å². The number of hydrogen-bond acceptors (Lipinski definition) is 3. The fourth-order valence-corrected chi connectivity index (χ4v) is 2.78. The molecule has 0 heterocycles. The Hall–Kier alpha value is -1.90. The third-order valence-corrected chi connectivity index (χ3v) is 3.91. The smallest absolute Gasteiger partial charge is 0.320 e. The van der Waals surface area contributed by atoms with Crippen molar-refractivity contribution in [1.82, 2.24) is 0 Å². The molecule has 1 saturated carbocycles. The van der Waals surface area contributed by atoms with Crippen molar-refractivity contribution < 1.29 is 14.3 Å². The topological polar surface area (TPSA) is 43.4 Å². The summed E-state index contributed by atoms with van der Waals surface area (Å²) in [7, 11) is 0. The van der Waals surface area contributed by atoms with Crippen molar-refractivity contribution in [3.8, 4) is 0 Å². The predicted octanol–water partition coefficient (Wildman–Crippen LogP) is 4.17. The Balaban J connectivity index is 2.15. The van der Waals surface area contributed by atoms with Crippen LogP contribution < -0.4 is 0 Å². The molecular weight excluding hydrogens is 276 g/mol. The molecule has 2 rings (SSSR count). The summed E-state index contributed by atoms with van der Waals surface area (Å²) in [6.45, 7) is 5.49. The number of ether oxygens (including phenoxy) is 1. The van der Waals surface area contributed by atoms with Crippen molar-refractivity contribution in [3.63, 3.8) is 0 Å². The van der Waals surface area contributed by atoms with E-state index >= 15 is 0 Å². The Morgan fingerprint density at radius 3 is 2.50 bits per heavy atom. The minimum absolute atomic E-state index is 0.0134. The van der Waals surface area contributed by atoms with Gasteiger partial charge in [0.25, 0.3) is 0 Å². The quantitative estimate of drug-likeness (QED) is 0.619. The number of esters is 1. The van der Waals surface area contributed by atoms with E-state index in [1.54, 1.807) is 0 Å².